The van der Waals surface area contributed by atoms with E-state index >= 15 is 0 Å². The van der Waals surface area contributed by atoms with E-state index < -0.39 is 6.04 Å². The summed E-state index contributed by atoms with van der Waals surface area (Å²) in [6.45, 7) is 1.14. The maximum absolute atomic E-state index is 12.9. The number of para-hydroxylation sites is 1. The number of fused-ring (bicyclic) bond motifs is 1. The molecule has 6 nitrogen and oxygen atoms in total. The van der Waals surface area contributed by atoms with Crippen molar-refractivity contribution in [3.8, 4) is 6.07 Å². The molecule has 2 saturated heterocycles. The Kier molecular flexibility index (Phi) is 3.92. The van der Waals surface area contributed by atoms with Gasteiger partial charge in [-0.05, 0) is 37.8 Å². The van der Waals surface area contributed by atoms with Crippen LogP contribution in [0, 0.1) is 11.3 Å². The van der Waals surface area contributed by atoms with Gasteiger partial charge in [0.15, 0.2) is 5.76 Å². The molecule has 1 aromatic carbocycles. The summed E-state index contributed by atoms with van der Waals surface area (Å²) in [4.78, 5) is 29.0. The smallest absolute Gasteiger partial charge is 0.290 e. The van der Waals surface area contributed by atoms with Gasteiger partial charge in [-0.3, -0.25) is 9.59 Å². The van der Waals surface area contributed by atoms with E-state index in [9.17, 15) is 14.9 Å². The van der Waals surface area contributed by atoms with E-state index in [2.05, 4.69) is 6.07 Å². The molecule has 2 atom stereocenters. The first-order valence-corrected chi connectivity index (χ1v) is 8.68. The number of amides is 2. The van der Waals surface area contributed by atoms with Gasteiger partial charge in [-0.25, -0.2) is 0 Å². The van der Waals surface area contributed by atoms with Gasteiger partial charge in [0, 0.05) is 18.5 Å². The lowest BCUT2D eigenvalue weighted by atomic mass is 10.1. The van der Waals surface area contributed by atoms with Crippen molar-refractivity contribution in [3.05, 3.63) is 36.1 Å². The fourth-order valence-electron chi connectivity index (χ4n) is 3.85. The van der Waals surface area contributed by atoms with Crippen LogP contribution in [-0.4, -0.2) is 46.8 Å². The first kappa shape index (κ1) is 15.7. The second kappa shape index (κ2) is 6.25. The number of hydrogen-bond acceptors (Lipinski definition) is 4. The molecule has 0 bridgehead atoms. The van der Waals surface area contributed by atoms with Crippen LogP contribution in [-0.2, 0) is 4.79 Å². The SMILES string of the molecule is N#C[C@@H]1CCCN1C(=O)[C@@H]1CCCN1C(=O)c1cc2ccccc2o1. The average Bonchev–Trinajstić information content (AvgIpc) is 3.38. The van der Waals surface area contributed by atoms with Gasteiger partial charge in [0.05, 0.1) is 6.07 Å². The van der Waals surface area contributed by atoms with Gasteiger partial charge in [-0.1, -0.05) is 18.2 Å². The number of nitriles is 1. The van der Waals surface area contributed by atoms with Crippen molar-refractivity contribution in [2.45, 2.75) is 37.8 Å². The largest absolute Gasteiger partial charge is 0.451 e. The maximum Gasteiger partial charge on any atom is 0.290 e. The van der Waals surface area contributed by atoms with Crippen molar-refractivity contribution in [1.82, 2.24) is 9.80 Å². The van der Waals surface area contributed by atoms with E-state index in [1.165, 1.54) is 0 Å². The Morgan fingerprint density at radius 1 is 1.12 bits per heavy atom. The molecule has 128 valence electrons. The molecule has 6 heteroatoms. The summed E-state index contributed by atoms with van der Waals surface area (Å²) < 4.78 is 5.67. The van der Waals surface area contributed by atoms with Crippen molar-refractivity contribution < 1.29 is 14.0 Å². The van der Waals surface area contributed by atoms with E-state index in [0.717, 1.165) is 18.2 Å². The third-order valence-electron chi connectivity index (χ3n) is 5.12. The molecule has 0 radical (unpaired) electrons. The van der Waals surface area contributed by atoms with Crippen LogP contribution in [0.15, 0.2) is 34.7 Å². The molecule has 25 heavy (non-hydrogen) atoms. The third kappa shape index (κ3) is 2.66. The second-order valence-corrected chi connectivity index (χ2v) is 6.62. The zero-order valence-electron chi connectivity index (χ0n) is 13.9. The molecule has 2 aromatic rings. The summed E-state index contributed by atoms with van der Waals surface area (Å²) >= 11 is 0. The van der Waals surface area contributed by atoms with Gasteiger partial charge < -0.3 is 14.2 Å². The molecule has 2 amide bonds. The lowest BCUT2D eigenvalue weighted by molar-refractivity contribution is -0.135. The Bertz CT molecular complexity index is 833. The summed E-state index contributed by atoms with van der Waals surface area (Å²) in [5.41, 5.74) is 0.664. The molecule has 2 aliphatic heterocycles. The summed E-state index contributed by atoms with van der Waals surface area (Å²) in [6.07, 6.45) is 2.98. The molecular formula is C19H19N3O3. The Balaban J connectivity index is 1.57. The summed E-state index contributed by atoms with van der Waals surface area (Å²) in [5, 5.41) is 10.1. The highest BCUT2D eigenvalue weighted by atomic mass is 16.3. The molecule has 4 rings (SSSR count). The number of furan rings is 1. The first-order chi connectivity index (χ1) is 12.2. The van der Waals surface area contributed by atoms with Gasteiger partial charge in [0.2, 0.25) is 5.91 Å². The van der Waals surface area contributed by atoms with Crippen LogP contribution in [0.4, 0.5) is 0 Å². The van der Waals surface area contributed by atoms with E-state index in [1.54, 1.807) is 15.9 Å². The van der Waals surface area contributed by atoms with E-state index in [4.69, 9.17) is 4.42 Å². The zero-order valence-corrected chi connectivity index (χ0v) is 13.9. The van der Waals surface area contributed by atoms with Gasteiger partial charge in [-0.15, -0.1) is 0 Å². The molecule has 0 saturated carbocycles. The number of nitrogens with zero attached hydrogens (tertiary/aromatic N) is 3. The number of carbonyl (C=O) groups excluding carboxylic acids is 2. The molecule has 0 N–H and O–H groups in total. The number of carbonyl (C=O) groups is 2. The van der Waals surface area contributed by atoms with Gasteiger partial charge in [0.25, 0.3) is 5.91 Å². The molecule has 0 unspecified atom stereocenters. The van der Waals surface area contributed by atoms with Gasteiger partial charge >= 0.3 is 0 Å². The van der Waals surface area contributed by atoms with Crippen LogP contribution in [0.25, 0.3) is 11.0 Å². The molecule has 1 aromatic heterocycles. The number of benzene rings is 1. The Morgan fingerprint density at radius 2 is 1.88 bits per heavy atom. The highest BCUT2D eigenvalue weighted by Gasteiger charge is 2.40. The van der Waals surface area contributed by atoms with Gasteiger partial charge in [-0.2, -0.15) is 5.26 Å². The highest BCUT2D eigenvalue weighted by Crippen LogP contribution is 2.27. The summed E-state index contributed by atoms with van der Waals surface area (Å²) in [5.74, 6) is -0.0927. The minimum Gasteiger partial charge on any atom is -0.451 e. The second-order valence-electron chi connectivity index (χ2n) is 6.62. The summed E-state index contributed by atoms with van der Waals surface area (Å²) in [7, 11) is 0. The molecule has 0 spiro atoms. The number of hydrogen-bond donors (Lipinski definition) is 0. The van der Waals surface area contributed by atoms with Crippen LogP contribution in [0.1, 0.15) is 36.2 Å². The molecule has 2 fully saturated rings. The fraction of sp³-hybridized carbons (Fsp3) is 0.421. The molecule has 2 aliphatic rings. The lowest BCUT2D eigenvalue weighted by Crippen LogP contribution is -2.49. The minimum absolute atomic E-state index is 0.106. The molecule has 3 heterocycles. The maximum atomic E-state index is 12.9. The first-order valence-electron chi connectivity index (χ1n) is 8.68. The Labute approximate surface area is 145 Å². The van der Waals surface area contributed by atoms with Crippen LogP contribution in [0.3, 0.4) is 0 Å². The molecule has 0 aliphatic carbocycles. The normalized spacial score (nSPS) is 23.2. The standard InChI is InChI=1S/C19H19N3O3/c20-12-14-6-3-9-21(14)18(23)15-7-4-10-22(15)19(24)17-11-13-5-1-2-8-16(13)25-17/h1-2,5,8,11,14-15H,3-4,6-7,9-10H2/t14-,15-/m0/s1. The minimum atomic E-state index is -0.491. The quantitative estimate of drug-likeness (QED) is 0.844. The Hall–Kier alpha value is -2.81. The average molecular weight is 337 g/mol. The summed E-state index contributed by atoms with van der Waals surface area (Å²) in [6, 6.07) is 10.5. The fourth-order valence-corrected chi connectivity index (χ4v) is 3.85. The van der Waals surface area contributed by atoms with Crippen LogP contribution < -0.4 is 0 Å². The van der Waals surface area contributed by atoms with Crippen LogP contribution in [0.2, 0.25) is 0 Å². The predicted molar refractivity (Wildman–Crippen MR) is 90.6 cm³/mol. The van der Waals surface area contributed by atoms with Gasteiger partial charge in [0.1, 0.15) is 17.7 Å². The van der Waals surface area contributed by atoms with Crippen molar-refractivity contribution in [2.75, 3.05) is 13.1 Å². The van der Waals surface area contributed by atoms with Crippen molar-refractivity contribution in [3.63, 3.8) is 0 Å². The van der Waals surface area contributed by atoms with Crippen LogP contribution in [0.5, 0.6) is 0 Å². The van der Waals surface area contributed by atoms with Crippen molar-refractivity contribution in [2.24, 2.45) is 0 Å². The number of rotatable bonds is 2. The van der Waals surface area contributed by atoms with E-state index in [-0.39, 0.29) is 23.6 Å². The van der Waals surface area contributed by atoms with Crippen LogP contribution >= 0.6 is 0 Å². The molecular weight excluding hydrogens is 318 g/mol. The van der Waals surface area contributed by atoms with Crippen molar-refractivity contribution in [1.29, 1.82) is 5.26 Å². The topological polar surface area (TPSA) is 77.5 Å². The zero-order chi connectivity index (χ0) is 17.4. The highest BCUT2D eigenvalue weighted by molar-refractivity contribution is 5.99. The van der Waals surface area contributed by atoms with E-state index in [0.29, 0.717) is 31.5 Å². The Morgan fingerprint density at radius 3 is 2.68 bits per heavy atom. The van der Waals surface area contributed by atoms with Crippen molar-refractivity contribution >= 4 is 22.8 Å². The predicted octanol–water partition coefficient (Wildman–Crippen LogP) is 2.55. The van der Waals surface area contributed by atoms with E-state index in [1.807, 2.05) is 24.3 Å². The third-order valence-corrected chi connectivity index (χ3v) is 5.12. The monoisotopic (exact) mass is 337 g/mol. The number of likely N-dealkylation sites (tertiary alicyclic amines) is 2. The lowest BCUT2D eigenvalue weighted by Gasteiger charge is -2.28.